The second-order valence-corrected chi connectivity index (χ2v) is 9.56. The number of carbonyl (C=O) groups is 1. The summed E-state index contributed by atoms with van der Waals surface area (Å²) >= 11 is 5.87. The Labute approximate surface area is 226 Å². The molecule has 0 aliphatic carbocycles. The van der Waals surface area contributed by atoms with Crippen molar-refractivity contribution in [2.24, 2.45) is 0 Å². The zero-order chi connectivity index (χ0) is 26.8. The molecule has 194 valence electrons. The average molecular weight is 528 g/mol. The quantitative estimate of drug-likeness (QED) is 0.293. The Kier molecular flexibility index (Phi) is 7.13. The number of amides is 1. The number of aromatic hydroxyl groups is 1. The van der Waals surface area contributed by atoms with Crippen LogP contribution in [0, 0.1) is 13.8 Å². The van der Waals surface area contributed by atoms with Crippen LogP contribution >= 0.6 is 12.2 Å². The van der Waals surface area contributed by atoms with Gasteiger partial charge in [0.2, 0.25) is 5.91 Å². The van der Waals surface area contributed by atoms with Crippen molar-refractivity contribution in [3.05, 3.63) is 102 Å². The van der Waals surface area contributed by atoms with Gasteiger partial charge in [0, 0.05) is 36.1 Å². The van der Waals surface area contributed by atoms with Gasteiger partial charge < -0.3 is 29.9 Å². The lowest BCUT2D eigenvalue weighted by Crippen LogP contribution is -2.29. The molecule has 4 aromatic rings. The minimum absolute atomic E-state index is 0.0116. The molecule has 2 aromatic heterocycles. The van der Waals surface area contributed by atoms with Gasteiger partial charge in [0.1, 0.15) is 12.4 Å². The number of hydrogen-bond acceptors (Lipinski definition) is 5. The molecule has 1 aliphatic heterocycles. The van der Waals surface area contributed by atoms with Crippen LogP contribution < -0.4 is 15.5 Å². The highest BCUT2D eigenvalue weighted by Crippen LogP contribution is 2.44. The molecule has 0 spiro atoms. The van der Waals surface area contributed by atoms with Gasteiger partial charge in [-0.1, -0.05) is 18.2 Å². The van der Waals surface area contributed by atoms with Crippen LogP contribution in [0.4, 0.5) is 11.4 Å². The van der Waals surface area contributed by atoms with E-state index in [-0.39, 0.29) is 30.3 Å². The fourth-order valence-corrected chi connectivity index (χ4v) is 5.44. The highest BCUT2D eigenvalue weighted by Gasteiger charge is 2.42. The molecule has 0 saturated carbocycles. The maximum atomic E-state index is 12.0. The molecule has 38 heavy (non-hydrogen) atoms. The molecule has 1 amide bonds. The van der Waals surface area contributed by atoms with Crippen LogP contribution in [-0.4, -0.2) is 39.4 Å². The van der Waals surface area contributed by atoms with Crippen molar-refractivity contribution in [3.63, 3.8) is 0 Å². The van der Waals surface area contributed by atoms with Crippen LogP contribution in [-0.2, 0) is 9.53 Å². The van der Waals surface area contributed by atoms with Gasteiger partial charge in [-0.2, -0.15) is 0 Å². The summed E-state index contributed by atoms with van der Waals surface area (Å²) in [5, 5.41) is 17.5. The third kappa shape index (κ3) is 4.73. The lowest BCUT2D eigenvalue weighted by Gasteiger charge is -2.28. The molecule has 0 radical (unpaired) electrons. The number of para-hydroxylation sites is 2. The van der Waals surface area contributed by atoms with Gasteiger partial charge in [-0.05, 0) is 86.2 Å². The number of phenolic OH excluding ortho intramolecular Hbond substituents is 1. The van der Waals surface area contributed by atoms with Gasteiger partial charge in [-0.25, -0.2) is 0 Å². The van der Waals surface area contributed by atoms with Crippen LogP contribution in [0.15, 0.2) is 79.0 Å². The molecule has 0 unspecified atom stereocenters. The Balaban J connectivity index is 1.59. The lowest BCUT2D eigenvalue weighted by atomic mass is 9.96. The van der Waals surface area contributed by atoms with E-state index < -0.39 is 0 Å². The number of thiocarbonyl (C=S) groups is 1. The summed E-state index contributed by atoms with van der Waals surface area (Å²) in [6, 6.07) is 22.5. The molecule has 1 aliphatic rings. The zero-order valence-electron chi connectivity index (χ0n) is 21.4. The lowest BCUT2D eigenvalue weighted by molar-refractivity contribution is -0.119. The number of aromatic nitrogens is 2. The van der Waals surface area contributed by atoms with E-state index in [1.165, 1.54) is 7.11 Å². The van der Waals surface area contributed by atoms with Crippen LogP contribution in [0.3, 0.4) is 0 Å². The molecule has 9 heteroatoms. The molecule has 5 rings (SSSR count). The fraction of sp³-hybridized carbons (Fsp3) is 0.207. The number of methoxy groups -OCH3 is 1. The highest BCUT2D eigenvalue weighted by molar-refractivity contribution is 7.80. The maximum absolute atomic E-state index is 12.0. The first-order valence-corrected chi connectivity index (χ1v) is 12.7. The number of anilines is 2. The fourth-order valence-electron chi connectivity index (χ4n) is 5.09. The number of ether oxygens (including phenoxy) is 1. The minimum atomic E-state index is -0.219. The van der Waals surface area contributed by atoms with Gasteiger partial charge in [-0.3, -0.25) is 9.78 Å². The summed E-state index contributed by atoms with van der Waals surface area (Å²) in [7, 11) is 1.48. The summed E-state index contributed by atoms with van der Waals surface area (Å²) < 4.78 is 6.97. The minimum Gasteiger partial charge on any atom is -0.506 e. The number of rotatable bonds is 7. The summed E-state index contributed by atoms with van der Waals surface area (Å²) in [5.41, 5.74) is 6.19. The van der Waals surface area contributed by atoms with Crippen LogP contribution in [0.2, 0.25) is 0 Å². The molecule has 3 heterocycles. The predicted molar refractivity (Wildman–Crippen MR) is 152 cm³/mol. The molecule has 2 aromatic carbocycles. The van der Waals surface area contributed by atoms with Crippen LogP contribution in [0.1, 0.15) is 34.7 Å². The SMILES string of the molecule is COCC(=O)Nc1ccc(N2C(=S)N[C@@H](c3ccccn3)[C@@H]2c2cc(C)n(-c3ccccc3O)c2C)cc1. The van der Waals surface area contributed by atoms with E-state index in [1.807, 2.05) is 67.6 Å². The second-order valence-electron chi connectivity index (χ2n) is 9.18. The third-order valence-electron chi connectivity index (χ3n) is 6.71. The molecular weight excluding hydrogens is 498 g/mol. The van der Waals surface area contributed by atoms with Crippen molar-refractivity contribution in [1.82, 2.24) is 14.9 Å². The van der Waals surface area contributed by atoms with Crippen molar-refractivity contribution < 1.29 is 14.6 Å². The Hall–Kier alpha value is -4.21. The Bertz CT molecular complexity index is 1470. The Morgan fingerprint density at radius 3 is 2.53 bits per heavy atom. The number of hydrogen-bond donors (Lipinski definition) is 3. The first-order valence-electron chi connectivity index (χ1n) is 12.3. The van der Waals surface area contributed by atoms with Gasteiger partial charge in [0.05, 0.1) is 23.5 Å². The van der Waals surface area contributed by atoms with E-state index in [0.29, 0.717) is 10.8 Å². The van der Waals surface area contributed by atoms with E-state index in [2.05, 4.69) is 38.1 Å². The van der Waals surface area contributed by atoms with E-state index in [0.717, 1.165) is 34.0 Å². The number of nitrogens with zero attached hydrogens (tertiary/aromatic N) is 3. The van der Waals surface area contributed by atoms with Crippen LogP contribution in [0.25, 0.3) is 5.69 Å². The highest BCUT2D eigenvalue weighted by atomic mass is 32.1. The number of phenols is 1. The monoisotopic (exact) mass is 527 g/mol. The molecule has 0 bridgehead atoms. The Morgan fingerprint density at radius 1 is 1.11 bits per heavy atom. The number of aryl methyl sites for hydroxylation is 1. The zero-order valence-corrected chi connectivity index (χ0v) is 22.2. The molecule has 3 N–H and O–H groups in total. The molecule has 1 saturated heterocycles. The van der Waals surface area contributed by atoms with Gasteiger partial charge in [0.15, 0.2) is 5.11 Å². The summed E-state index contributed by atoms with van der Waals surface area (Å²) in [4.78, 5) is 18.7. The molecule has 2 atom stereocenters. The maximum Gasteiger partial charge on any atom is 0.250 e. The third-order valence-corrected chi connectivity index (χ3v) is 7.03. The largest absolute Gasteiger partial charge is 0.506 e. The summed E-state index contributed by atoms with van der Waals surface area (Å²) in [6.45, 7) is 4.07. The standard InChI is InChI=1S/C29H29N5O3S/c1-18-16-22(19(2)33(18)24-9-4-5-10-25(24)35)28-27(23-8-6-7-15-30-23)32-29(38)34(28)21-13-11-20(12-14-21)31-26(36)17-37-3/h4-16,27-28,35H,17H2,1-3H3,(H,31,36)(H,32,38)/t27-,28-/m0/s1. The van der Waals surface area contributed by atoms with Crippen molar-refractivity contribution in [1.29, 1.82) is 0 Å². The van der Waals surface area contributed by atoms with E-state index in [1.54, 1.807) is 12.3 Å². The van der Waals surface area contributed by atoms with E-state index in [9.17, 15) is 9.90 Å². The number of pyridine rings is 1. The first kappa shape index (κ1) is 25.4. The van der Waals surface area contributed by atoms with E-state index in [4.69, 9.17) is 17.0 Å². The summed E-state index contributed by atoms with van der Waals surface area (Å²) in [6.07, 6.45) is 1.78. The predicted octanol–water partition coefficient (Wildman–Crippen LogP) is 4.96. The van der Waals surface area contributed by atoms with Gasteiger partial charge in [-0.15, -0.1) is 0 Å². The second kappa shape index (κ2) is 10.6. The molecular formula is C29H29N5O3S. The molecule has 1 fully saturated rings. The van der Waals surface area contributed by atoms with Crippen LogP contribution in [0.5, 0.6) is 5.75 Å². The van der Waals surface area contributed by atoms with Gasteiger partial charge in [0.25, 0.3) is 0 Å². The van der Waals surface area contributed by atoms with Crippen molar-refractivity contribution >= 4 is 34.6 Å². The number of nitrogens with one attached hydrogen (secondary N) is 2. The first-order chi connectivity index (χ1) is 18.4. The van der Waals surface area contributed by atoms with E-state index >= 15 is 0 Å². The topological polar surface area (TPSA) is 91.7 Å². The smallest absolute Gasteiger partial charge is 0.250 e. The molecule has 8 nitrogen and oxygen atoms in total. The average Bonchev–Trinajstić information content (AvgIpc) is 3.40. The van der Waals surface area contributed by atoms with Gasteiger partial charge >= 0.3 is 0 Å². The van der Waals surface area contributed by atoms with Crippen molar-refractivity contribution in [3.8, 4) is 11.4 Å². The number of benzene rings is 2. The Morgan fingerprint density at radius 2 is 1.84 bits per heavy atom. The number of carbonyl (C=O) groups excluding carboxylic acids is 1. The summed E-state index contributed by atoms with van der Waals surface area (Å²) in [5.74, 6) is -0.00605. The van der Waals surface area contributed by atoms with Crippen molar-refractivity contribution in [2.75, 3.05) is 23.9 Å². The van der Waals surface area contributed by atoms with Crippen molar-refractivity contribution in [2.45, 2.75) is 25.9 Å². The normalized spacial score (nSPS) is 16.9.